The van der Waals surface area contributed by atoms with Crippen LogP contribution in [0.5, 0.6) is 0 Å². The summed E-state index contributed by atoms with van der Waals surface area (Å²) in [7, 11) is 0. The van der Waals surface area contributed by atoms with Crippen molar-refractivity contribution in [1.82, 2.24) is 0 Å². The highest BCUT2D eigenvalue weighted by Gasteiger charge is 2.61. The monoisotopic (exact) mass is 156 g/mol. The van der Waals surface area contributed by atoms with Crippen molar-refractivity contribution < 1.29 is 4.39 Å². The van der Waals surface area contributed by atoms with E-state index in [0.29, 0.717) is 11.8 Å². The molecule has 2 aliphatic rings. The van der Waals surface area contributed by atoms with E-state index < -0.39 is 5.67 Å². The lowest BCUT2D eigenvalue weighted by Crippen LogP contribution is -2.42. The van der Waals surface area contributed by atoms with Crippen LogP contribution in [-0.4, -0.2) is 5.67 Å². The predicted octanol–water partition coefficient (Wildman–Crippen LogP) is 3.17. The van der Waals surface area contributed by atoms with E-state index in [-0.39, 0.29) is 5.41 Å². The number of hydrogen-bond donors (Lipinski definition) is 0. The van der Waals surface area contributed by atoms with Crippen LogP contribution in [0.15, 0.2) is 0 Å². The zero-order chi connectivity index (χ0) is 8.28. The van der Waals surface area contributed by atoms with Crippen LogP contribution in [0.4, 0.5) is 4.39 Å². The molecule has 0 amide bonds. The fourth-order valence-corrected chi connectivity index (χ4v) is 3.05. The molecule has 3 atom stereocenters. The SMILES string of the molecule is CC1(C)C2CCC(C2)C1(C)F. The fourth-order valence-electron chi connectivity index (χ4n) is 3.05. The van der Waals surface area contributed by atoms with Crippen molar-refractivity contribution in [3.63, 3.8) is 0 Å². The Kier molecular flexibility index (Phi) is 1.24. The van der Waals surface area contributed by atoms with Crippen LogP contribution in [0.3, 0.4) is 0 Å². The molecule has 0 aromatic heterocycles. The molecule has 64 valence electrons. The maximum Gasteiger partial charge on any atom is 0.116 e. The lowest BCUT2D eigenvalue weighted by atomic mass is 9.67. The van der Waals surface area contributed by atoms with Crippen molar-refractivity contribution in [3.8, 4) is 0 Å². The Bertz CT molecular complexity index is 161. The maximum absolute atomic E-state index is 14.1. The minimum absolute atomic E-state index is 0.0596. The predicted molar refractivity (Wildman–Crippen MR) is 44.1 cm³/mol. The molecule has 1 heteroatoms. The summed E-state index contributed by atoms with van der Waals surface area (Å²) >= 11 is 0. The fraction of sp³-hybridized carbons (Fsp3) is 1.00. The van der Waals surface area contributed by atoms with Crippen LogP contribution >= 0.6 is 0 Å². The average molecular weight is 156 g/mol. The summed E-state index contributed by atoms with van der Waals surface area (Å²) in [4.78, 5) is 0. The summed E-state index contributed by atoms with van der Waals surface area (Å²) in [5, 5.41) is 0. The zero-order valence-electron chi connectivity index (χ0n) is 7.65. The molecule has 0 nitrogen and oxygen atoms in total. The van der Waals surface area contributed by atoms with E-state index in [4.69, 9.17) is 0 Å². The third-order valence-corrected chi connectivity index (χ3v) is 4.48. The Morgan fingerprint density at radius 2 is 1.64 bits per heavy atom. The Labute approximate surface area is 68.2 Å². The molecular weight excluding hydrogens is 139 g/mol. The van der Waals surface area contributed by atoms with Crippen LogP contribution in [0, 0.1) is 17.3 Å². The topological polar surface area (TPSA) is 0 Å². The van der Waals surface area contributed by atoms with Gasteiger partial charge in [0.25, 0.3) is 0 Å². The standard InChI is InChI=1S/C10H17F/c1-9(2)7-4-5-8(6-7)10(9,3)11/h7-8H,4-6H2,1-3H3. The first-order chi connectivity index (χ1) is 4.96. The molecule has 0 aromatic carbocycles. The van der Waals surface area contributed by atoms with Gasteiger partial charge in [0.15, 0.2) is 0 Å². The quantitative estimate of drug-likeness (QED) is 0.505. The number of rotatable bonds is 0. The van der Waals surface area contributed by atoms with Crippen LogP contribution in [0.1, 0.15) is 40.0 Å². The summed E-state index contributed by atoms with van der Waals surface area (Å²) < 4.78 is 14.1. The van der Waals surface area contributed by atoms with E-state index in [1.54, 1.807) is 6.92 Å². The van der Waals surface area contributed by atoms with Crippen molar-refractivity contribution in [2.24, 2.45) is 17.3 Å². The second kappa shape index (κ2) is 1.81. The highest BCUT2D eigenvalue weighted by molar-refractivity contribution is 5.09. The van der Waals surface area contributed by atoms with Gasteiger partial charge in [0.1, 0.15) is 5.67 Å². The number of hydrogen-bond acceptors (Lipinski definition) is 0. The smallest absolute Gasteiger partial charge is 0.116 e. The summed E-state index contributed by atoms with van der Waals surface area (Å²) in [5.41, 5.74) is -0.953. The Balaban J connectivity index is 2.36. The van der Waals surface area contributed by atoms with Crippen LogP contribution in [0.2, 0.25) is 0 Å². The first kappa shape index (κ1) is 7.57. The van der Waals surface area contributed by atoms with Crippen molar-refractivity contribution in [2.75, 3.05) is 0 Å². The first-order valence-electron chi connectivity index (χ1n) is 4.65. The van der Waals surface area contributed by atoms with Crippen LogP contribution in [0.25, 0.3) is 0 Å². The second-order valence-electron chi connectivity index (χ2n) is 5.00. The molecule has 2 aliphatic carbocycles. The molecule has 0 aliphatic heterocycles. The van der Waals surface area contributed by atoms with Crippen molar-refractivity contribution in [2.45, 2.75) is 45.7 Å². The van der Waals surface area contributed by atoms with Gasteiger partial charge in [-0.3, -0.25) is 0 Å². The molecule has 2 rings (SSSR count). The minimum atomic E-state index is -0.893. The molecule has 0 saturated heterocycles. The second-order valence-corrected chi connectivity index (χ2v) is 5.00. The van der Waals surface area contributed by atoms with Gasteiger partial charge < -0.3 is 0 Å². The molecule has 2 saturated carbocycles. The molecular formula is C10H17F. The molecule has 0 aromatic rings. The van der Waals surface area contributed by atoms with Gasteiger partial charge in [-0.2, -0.15) is 0 Å². The van der Waals surface area contributed by atoms with Gasteiger partial charge in [-0.25, -0.2) is 4.39 Å². The van der Waals surface area contributed by atoms with Gasteiger partial charge in [-0.15, -0.1) is 0 Å². The summed E-state index contributed by atoms with van der Waals surface area (Å²) in [6.07, 6.45) is 3.53. The zero-order valence-corrected chi connectivity index (χ0v) is 7.65. The Hall–Kier alpha value is -0.0700. The van der Waals surface area contributed by atoms with Crippen molar-refractivity contribution in [3.05, 3.63) is 0 Å². The third kappa shape index (κ3) is 0.697. The van der Waals surface area contributed by atoms with E-state index in [9.17, 15) is 4.39 Å². The van der Waals surface area contributed by atoms with E-state index in [2.05, 4.69) is 13.8 Å². The number of fused-ring (bicyclic) bond motifs is 2. The number of alkyl halides is 1. The third-order valence-electron chi connectivity index (χ3n) is 4.48. The van der Waals surface area contributed by atoms with Gasteiger partial charge in [0.2, 0.25) is 0 Å². The van der Waals surface area contributed by atoms with Crippen LogP contribution < -0.4 is 0 Å². The lowest BCUT2D eigenvalue weighted by molar-refractivity contribution is -0.0175. The maximum atomic E-state index is 14.1. The molecule has 0 spiro atoms. The Morgan fingerprint density at radius 1 is 1.09 bits per heavy atom. The van der Waals surface area contributed by atoms with E-state index in [1.807, 2.05) is 0 Å². The molecule has 2 fully saturated rings. The van der Waals surface area contributed by atoms with Gasteiger partial charge >= 0.3 is 0 Å². The molecule has 0 N–H and O–H groups in total. The van der Waals surface area contributed by atoms with Crippen molar-refractivity contribution >= 4 is 0 Å². The first-order valence-corrected chi connectivity index (χ1v) is 4.65. The largest absolute Gasteiger partial charge is 0.243 e. The summed E-state index contributed by atoms with van der Waals surface area (Å²) in [6.45, 7) is 5.99. The van der Waals surface area contributed by atoms with Crippen LogP contribution in [-0.2, 0) is 0 Å². The molecule has 2 bridgehead atoms. The highest BCUT2D eigenvalue weighted by atomic mass is 19.1. The average Bonchev–Trinajstić information content (AvgIpc) is 2.37. The molecule has 11 heavy (non-hydrogen) atoms. The highest BCUT2D eigenvalue weighted by Crippen LogP contribution is 2.62. The normalized spacial score (nSPS) is 53.5. The van der Waals surface area contributed by atoms with Crippen molar-refractivity contribution in [1.29, 1.82) is 0 Å². The van der Waals surface area contributed by atoms with E-state index in [1.165, 1.54) is 6.42 Å². The van der Waals surface area contributed by atoms with Gasteiger partial charge in [-0.1, -0.05) is 13.8 Å². The van der Waals surface area contributed by atoms with Gasteiger partial charge in [0.05, 0.1) is 0 Å². The molecule has 0 radical (unpaired) electrons. The molecule has 0 heterocycles. The minimum Gasteiger partial charge on any atom is -0.243 e. The van der Waals surface area contributed by atoms with E-state index >= 15 is 0 Å². The number of halogens is 1. The summed E-state index contributed by atoms with van der Waals surface area (Å²) in [6, 6.07) is 0. The lowest BCUT2D eigenvalue weighted by Gasteiger charge is -2.41. The summed E-state index contributed by atoms with van der Waals surface area (Å²) in [5.74, 6) is 1.02. The van der Waals surface area contributed by atoms with E-state index in [0.717, 1.165) is 12.8 Å². The Morgan fingerprint density at radius 3 is 1.91 bits per heavy atom. The van der Waals surface area contributed by atoms with Gasteiger partial charge in [0, 0.05) is 5.41 Å². The molecule has 3 unspecified atom stereocenters. The van der Waals surface area contributed by atoms with Gasteiger partial charge in [-0.05, 0) is 38.0 Å².